The second-order valence-electron chi connectivity index (χ2n) is 3.49. The summed E-state index contributed by atoms with van der Waals surface area (Å²) in [5.74, 6) is 0. The highest BCUT2D eigenvalue weighted by molar-refractivity contribution is 5.34. The van der Waals surface area contributed by atoms with E-state index in [1.165, 1.54) is 12.1 Å². The Hall–Kier alpha value is -1.50. The standard InChI is InChI=1S/C10H11NO5/c12-9-5-15-6-16-10(9)7-1-3-8(4-2-7)11(13)14/h1-4,9-10,12H,5-6H2/t9-,10-/m1/s1. The number of ether oxygens (including phenoxy) is 2. The van der Waals surface area contributed by atoms with Crippen LogP contribution in [0.15, 0.2) is 24.3 Å². The van der Waals surface area contributed by atoms with E-state index < -0.39 is 17.1 Å². The molecule has 1 saturated heterocycles. The van der Waals surface area contributed by atoms with Crippen LogP contribution in [-0.4, -0.2) is 29.5 Å². The molecule has 0 aromatic heterocycles. The summed E-state index contributed by atoms with van der Waals surface area (Å²) in [7, 11) is 0. The molecule has 0 bridgehead atoms. The van der Waals surface area contributed by atoms with Gasteiger partial charge in [0.15, 0.2) is 0 Å². The number of hydrogen-bond acceptors (Lipinski definition) is 5. The molecule has 0 spiro atoms. The highest BCUT2D eigenvalue weighted by Gasteiger charge is 2.26. The molecule has 1 fully saturated rings. The van der Waals surface area contributed by atoms with Crippen LogP contribution < -0.4 is 0 Å². The van der Waals surface area contributed by atoms with Gasteiger partial charge in [0.25, 0.3) is 5.69 Å². The molecule has 16 heavy (non-hydrogen) atoms. The molecule has 0 amide bonds. The predicted molar refractivity (Wildman–Crippen MR) is 53.7 cm³/mol. The molecule has 1 heterocycles. The average molecular weight is 225 g/mol. The second kappa shape index (κ2) is 4.56. The quantitative estimate of drug-likeness (QED) is 0.599. The minimum absolute atomic E-state index is 0.0188. The van der Waals surface area contributed by atoms with E-state index in [1.807, 2.05) is 0 Å². The Bertz CT molecular complexity index is 377. The van der Waals surface area contributed by atoms with Crippen LogP contribution in [-0.2, 0) is 9.47 Å². The number of benzene rings is 1. The molecule has 1 aromatic rings. The molecule has 0 aliphatic carbocycles. The van der Waals surface area contributed by atoms with Crippen LogP contribution in [0.25, 0.3) is 0 Å². The molecule has 6 heteroatoms. The van der Waals surface area contributed by atoms with Crippen molar-refractivity contribution < 1.29 is 19.5 Å². The molecule has 86 valence electrons. The van der Waals surface area contributed by atoms with E-state index in [1.54, 1.807) is 12.1 Å². The van der Waals surface area contributed by atoms with Crippen molar-refractivity contribution in [1.29, 1.82) is 0 Å². The van der Waals surface area contributed by atoms with Crippen molar-refractivity contribution in [2.24, 2.45) is 0 Å². The zero-order chi connectivity index (χ0) is 11.5. The monoisotopic (exact) mass is 225 g/mol. The number of hydrogen-bond donors (Lipinski definition) is 1. The van der Waals surface area contributed by atoms with Crippen LogP contribution in [0.5, 0.6) is 0 Å². The summed E-state index contributed by atoms with van der Waals surface area (Å²) < 4.78 is 10.1. The summed E-state index contributed by atoms with van der Waals surface area (Å²) in [4.78, 5) is 9.99. The second-order valence-corrected chi connectivity index (χ2v) is 3.49. The van der Waals surface area contributed by atoms with Crippen molar-refractivity contribution >= 4 is 5.69 Å². The number of nitrogens with zero attached hydrogens (tertiary/aromatic N) is 1. The number of non-ortho nitro benzene ring substituents is 1. The number of nitro groups is 1. The van der Waals surface area contributed by atoms with Gasteiger partial charge in [0.2, 0.25) is 0 Å². The summed E-state index contributed by atoms with van der Waals surface area (Å²) in [5.41, 5.74) is 0.728. The van der Waals surface area contributed by atoms with Crippen LogP contribution in [0, 0.1) is 10.1 Å². The number of aliphatic hydroxyl groups is 1. The summed E-state index contributed by atoms with van der Waals surface area (Å²) in [6, 6.07) is 5.94. The maximum absolute atomic E-state index is 10.5. The largest absolute Gasteiger partial charge is 0.388 e. The highest BCUT2D eigenvalue weighted by Crippen LogP contribution is 2.26. The van der Waals surface area contributed by atoms with Crippen molar-refractivity contribution in [3.63, 3.8) is 0 Å². The lowest BCUT2D eigenvalue weighted by Crippen LogP contribution is -2.32. The summed E-state index contributed by atoms with van der Waals surface area (Å²) in [6.45, 7) is 0.334. The third-order valence-corrected chi connectivity index (χ3v) is 2.40. The fourth-order valence-electron chi connectivity index (χ4n) is 1.59. The first kappa shape index (κ1) is 11.0. The zero-order valence-corrected chi connectivity index (χ0v) is 8.41. The number of rotatable bonds is 2. The predicted octanol–water partition coefficient (Wildman–Crippen LogP) is 1.00. The maximum atomic E-state index is 10.5. The average Bonchev–Trinajstić information content (AvgIpc) is 2.30. The Morgan fingerprint density at radius 1 is 1.38 bits per heavy atom. The zero-order valence-electron chi connectivity index (χ0n) is 8.41. The van der Waals surface area contributed by atoms with E-state index >= 15 is 0 Å². The molecule has 2 rings (SSSR count). The molecule has 2 atom stereocenters. The van der Waals surface area contributed by atoms with E-state index in [0.29, 0.717) is 5.56 Å². The minimum atomic E-state index is -0.741. The highest BCUT2D eigenvalue weighted by atomic mass is 16.7. The van der Waals surface area contributed by atoms with Crippen LogP contribution in [0.3, 0.4) is 0 Å². The third-order valence-electron chi connectivity index (χ3n) is 2.40. The molecule has 1 N–H and O–H groups in total. The third kappa shape index (κ3) is 2.19. The number of aliphatic hydroxyl groups excluding tert-OH is 1. The normalized spacial score (nSPS) is 25.3. The molecule has 1 aromatic carbocycles. The van der Waals surface area contributed by atoms with Gasteiger partial charge < -0.3 is 14.6 Å². The Kier molecular flexibility index (Phi) is 3.14. The lowest BCUT2D eigenvalue weighted by atomic mass is 10.0. The molecule has 1 aliphatic heterocycles. The lowest BCUT2D eigenvalue weighted by molar-refractivity contribution is -0.384. The van der Waals surface area contributed by atoms with E-state index in [4.69, 9.17) is 9.47 Å². The van der Waals surface area contributed by atoms with Crippen LogP contribution in [0.2, 0.25) is 0 Å². The van der Waals surface area contributed by atoms with Crippen LogP contribution in [0.1, 0.15) is 11.7 Å². The first-order chi connectivity index (χ1) is 7.68. The van der Waals surface area contributed by atoms with Gasteiger partial charge in [-0.25, -0.2) is 0 Å². The molecular weight excluding hydrogens is 214 g/mol. The maximum Gasteiger partial charge on any atom is 0.269 e. The fraction of sp³-hybridized carbons (Fsp3) is 0.400. The van der Waals surface area contributed by atoms with Gasteiger partial charge in [-0.2, -0.15) is 0 Å². The Morgan fingerprint density at radius 2 is 2.06 bits per heavy atom. The summed E-state index contributed by atoms with van der Waals surface area (Å²) >= 11 is 0. The Labute approximate surface area is 91.6 Å². The number of nitro benzene ring substituents is 1. The van der Waals surface area contributed by atoms with Gasteiger partial charge >= 0.3 is 0 Å². The van der Waals surface area contributed by atoms with Gasteiger partial charge in [0.1, 0.15) is 19.0 Å². The topological polar surface area (TPSA) is 81.8 Å². The van der Waals surface area contributed by atoms with Crippen molar-refractivity contribution in [3.05, 3.63) is 39.9 Å². The van der Waals surface area contributed by atoms with Gasteiger partial charge in [-0.1, -0.05) is 0 Å². The van der Waals surface area contributed by atoms with Crippen molar-refractivity contribution in [2.75, 3.05) is 13.4 Å². The van der Waals surface area contributed by atoms with Gasteiger partial charge in [0.05, 0.1) is 11.5 Å². The van der Waals surface area contributed by atoms with Gasteiger partial charge in [-0.05, 0) is 17.7 Å². The molecule has 1 aliphatic rings. The molecule has 0 radical (unpaired) electrons. The fourth-order valence-corrected chi connectivity index (χ4v) is 1.59. The minimum Gasteiger partial charge on any atom is -0.388 e. The van der Waals surface area contributed by atoms with E-state index in [0.717, 1.165) is 0 Å². The Balaban J connectivity index is 2.17. The van der Waals surface area contributed by atoms with Gasteiger partial charge in [0, 0.05) is 12.1 Å². The van der Waals surface area contributed by atoms with E-state index in [9.17, 15) is 15.2 Å². The molecular formula is C10H11NO5. The molecule has 6 nitrogen and oxygen atoms in total. The smallest absolute Gasteiger partial charge is 0.269 e. The van der Waals surface area contributed by atoms with Crippen molar-refractivity contribution in [1.82, 2.24) is 0 Å². The van der Waals surface area contributed by atoms with Gasteiger partial charge in [-0.15, -0.1) is 0 Å². The Morgan fingerprint density at radius 3 is 2.62 bits per heavy atom. The summed E-state index contributed by atoms with van der Waals surface area (Å²) in [6.07, 6.45) is -1.22. The molecule has 0 unspecified atom stereocenters. The first-order valence-electron chi connectivity index (χ1n) is 4.80. The summed E-state index contributed by atoms with van der Waals surface area (Å²) in [5, 5.41) is 20.1. The van der Waals surface area contributed by atoms with Crippen molar-refractivity contribution in [3.8, 4) is 0 Å². The lowest BCUT2D eigenvalue weighted by Gasteiger charge is -2.28. The van der Waals surface area contributed by atoms with Crippen LogP contribution in [0.4, 0.5) is 5.69 Å². The first-order valence-corrected chi connectivity index (χ1v) is 4.80. The van der Waals surface area contributed by atoms with E-state index in [2.05, 4.69) is 0 Å². The molecule has 0 saturated carbocycles. The van der Waals surface area contributed by atoms with Gasteiger partial charge in [-0.3, -0.25) is 10.1 Å². The SMILES string of the molecule is O=[N+]([O-])c1ccc([C@H]2OCOC[C@H]2O)cc1. The van der Waals surface area contributed by atoms with Crippen LogP contribution >= 0.6 is 0 Å². The van der Waals surface area contributed by atoms with E-state index in [-0.39, 0.29) is 19.1 Å². The van der Waals surface area contributed by atoms with Crippen molar-refractivity contribution in [2.45, 2.75) is 12.2 Å².